The largest absolute Gasteiger partial charge is 0.310 e. The summed E-state index contributed by atoms with van der Waals surface area (Å²) >= 11 is 0. The van der Waals surface area contributed by atoms with E-state index in [-0.39, 0.29) is 0 Å². The highest BCUT2D eigenvalue weighted by molar-refractivity contribution is 6.02. The Kier molecular flexibility index (Phi) is 8.45. The van der Waals surface area contributed by atoms with E-state index in [0.29, 0.717) is 0 Å². The van der Waals surface area contributed by atoms with Gasteiger partial charge in [-0.1, -0.05) is 212 Å². The van der Waals surface area contributed by atoms with Gasteiger partial charge in [0.25, 0.3) is 0 Å². The summed E-state index contributed by atoms with van der Waals surface area (Å²) in [6, 6.07) is 99.4. The van der Waals surface area contributed by atoms with Crippen LogP contribution in [0, 0.1) is 0 Å². The van der Waals surface area contributed by atoms with E-state index in [0.717, 1.165) is 22.7 Å². The van der Waals surface area contributed by atoms with Crippen molar-refractivity contribution in [3.05, 3.63) is 311 Å². The summed E-state index contributed by atoms with van der Waals surface area (Å²) in [7, 11) is 0. The highest BCUT2D eigenvalue weighted by atomic mass is 15.2. The second kappa shape index (κ2) is 14.9. The number of fused-ring (bicyclic) bond motifs is 13. The zero-order chi connectivity index (χ0) is 44.8. The van der Waals surface area contributed by atoms with Crippen molar-refractivity contribution < 1.29 is 0 Å². The SMILES string of the molecule is c1ccc(N2c3ccccc3C3(c4ccccc4-c4ccc(N(c5ccc6c(c5)C(c5ccccc5)(c5ccccc5)c5ccccc5-6)c5cccc6ccccc56)cc43)c3ccccc32)cc1. The number of hydrogen-bond acceptors (Lipinski definition) is 2. The number of nitrogens with zero attached hydrogens (tertiary/aromatic N) is 2. The molecule has 14 rings (SSSR count). The van der Waals surface area contributed by atoms with E-state index in [1.54, 1.807) is 0 Å². The molecule has 68 heavy (non-hydrogen) atoms. The fraction of sp³-hybridized carbons (Fsp3) is 0.0303. The molecule has 0 N–H and O–H groups in total. The Balaban J connectivity index is 1.06. The van der Waals surface area contributed by atoms with Crippen LogP contribution in [-0.2, 0) is 10.8 Å². The molecule has 2 aliphatic carbocycles. The molecular formula is C66H44N2. The Bertz CT molecular complexity index is 3670. The fourth-order valence-electron chi connectivity index (χ4n) is 12.5. The van der Waals surface area contributed by atoms with Crippen molar-refractivity contribution in [2.24, 2.45) is 0 Å². The van der Waals surface area contributed by atoms with Gasteiger partial charge in [-0.25, -0.2) is 0 Å². The van der Waals surface area contributed by atoms with Crippen molar-refractivity contribution in [3.63, 3.8) is 0 Å². The molecule has 11 aromatic rings. The van der Waals surface area contributed by atoms with Gasteiger partial charge in [0.1, 0.15) is 0 Å². The van der Waals surface area contributed by atoms with E-state index in [2.05, 4.69) is 277 Å². The predicted octanol–water partition coefficient (Wildman–Crippen LogP) is 16.8. The third-order valence-electron chi connectivity index (χ3n) is 15.1. The molecule has 0 saturated heterocycles. The fourth-order valence-corrected chi connectivity index (χ4v) is 12.5. The lowest BCUT2D eigenvalue weighted by Crippen LogP contribution is -2.36. The topological polar surface area (TPSA) is 6.48 Å². The van der Waals surface area contributed by atoms with Crippen molar-refractivity contribution in [2.45, 2.75) is 10.8 Å². The zero-order valence-corrected chi connectivity index (χ0v) is 37.3. The molecule has 0 atom stereocenters. The summed E-state index contributed by atoms with van der Waals surface area (Å²) in [6.45, 7) is 0. The standard InChI is InChI=1S/C66H44N2/c1-4-23-46(24-5-1)65(47-25-6-2-7-26-47)56-32-14-12-30-52(56)54-41-39-49(43-60(54)65)67(62-38-20-22-45-21-10-11-29-51(45)62)50-40-42-55-53-31-13-15-33-57(53)66(61(55)44-50)58-34-16-18-36-63(58)68(48-27-8-3-9-28-48)64-37-19-17-35-59(64)66/h1-44H. The third kappa shape index (κ3) is 5.23. The van der Waals surface area contributed by atoms with Gasteiger partial charge >= 0.3 is 0 Å². The molecule has 0 radical (unpaired) electrons. The van der Waals surface area contributed by atoms with Crippen LogP contribution in [0.3, 0.4) is 0 Å². The van der Waals surface area contributed by atoms with Crippen LogP contribution >= 0.6 is 0 Å². The molecule has 11 aromatic carbocycles. The summed E-state index contributed by atoms with van der Waals surface area (Å²) in [4.78, 5) is 4.98. The average molecular weight is 865 g/mol. The van der Waals surface area contributed by atoms with Gasteiger partial charge in [-0.2, -0.15) is 0 Å². The first-order valence-electron chi connectivity index (χ1n) is 23.7. The van der Waals surface area contributed by atoms with Crippen molar-refractivity contribution in [3.8, 4) is 22.3 Å². The van der Waals surface area contributed by atoms with Gasteiger partial charge in [0.15, 0.2) is 0 Å². The molecule has 3 aliphatic rings. The third-order valence-corrected chi connectivity index (χ3v) is 15.1. The summed E-state index contributed by atoms with van der Waals surface area (Å²) in [5.41, 5.74) is 21.0. The van der Waals surface area contributed by atoms with E-state index < -0.39 is 10.8 Å². The van der Waals surface area contributed by atoms with E-state index in [1.807, 2.05) is 0 Å². The van der Waals surface area contributed by atoms with E-state index in [9.17, 15) is 0 Å². The quantitative estimate of drug-likeness (QED) is 0.164. The molecule has 0 fully saturated rings. The van der Waals surface area contributed by atoms with Gasteiger partial charge in [0, 0.05) is 22.4 Å². The first kappa shape index (κ1) is 38.5. The number of benzene rings is 11. The van der Waals surface area contributed by atoms with Crippen molar-refractivity contribution in [1.29, 1.82) is 0 Å². The molecule has 0 unspecified atom stereocenters. The Morgan fingerprint density at radius 1 is 0.294 bits per heavy atom. The minimum absolute atomic E-state index is 0.543. The Morgan fingerprint density at radius 3 is 1.31 bits per heavy atom. The van der Waals surface area contributed by atoms with Crippen molar-refractivity contribution in [1.82, 2.24) is 0 Å². The second-order valence-corrected chi connectivity index (χ2v) is 18.3. The van der Waals surface area contributed by atoms with Gasteiger partial charge in [-0.05, 0) is 127 Å². The molecule has 1 aliphatic heterocycles. The van der Waals surface area contributed by atoms with Crippen LogP contribution in [0.4, 0.5) is 34.1 Å². The van der Waals surface area contributed by atoms with Crippen molar-refractivity contribution >= 4 is 44.9 Å². The number of anilines is 6. The smallest absolute Gasteiger partial charge is 0.0755 e. The number of rotatable bonds is 6. The molecule has 1 spiro atoms. The van der Waals surface area contributed by atoms with Crippen LogP contribution in [0.2, 0.25) is 0 Å². The Hall–Kier alpha value is -8.72. The lowest BCUT2D eigenvalue weighted by Gasteiger charge is -2.45. The molecule has 0 aromatic heterocycles. The number of hydrogen-bond donors (Lipinski definition) is 0. The summed E-state index contributed by atoms with van der Waals surface area (Å²) in [6.07, 6.45) is 0. The predicted molar refractivity (Wildman–Crippen MR) is 281 cm³/mol. The van der Waals surface area contributed by atoms with Gasteiger partial charge in [0.2, 0.25) is 0 Å². The summed E-state index contributed by atoms with van der Waals surface area (Å²) in [5.74, 6) is 0. The van der Waals surface area contributed by atoms with E-state index >= 15 is 0 Å². The van der Waals surface area contributed by atoms with Crippen LogP contribution < -0.4 is 9.80 Å². The van der Waals surface area contributed by atoms with Crippen LogP contribution in [-0.4, -0.2) is 0 Å². The van der Waals surface area contributed by atoms with Gasteiger partial charge in [0.05, 0.1) is 27.9 Å². The molecule has 2 heteroatoms. The van der Waals surface area contributed by atoms with Crippen LogP contribution in [0.25, 0.3) is 33.0 Å². The second-order valence-electron chi connectivity index (χ2n) is 18.3. The Morgan fingerprint density at radius 2 is 0.721 bits per heavy atom. The van der Waals surface area contributed by atoms with E-state index in [4.69, 9.17) is 0 Å². The van der Waals surface area contributed by atoms with E-state index in [1.165, 1.54) is 88.9 Å². The normalized spacial score (nSPS) is 14.1. The maximum atomic E-state index is 2.53. The molecule has 318 valence electrons. The summed E-state index contributed by atoms with van der Waals surface area (Å²) < 4.78 is 0. The average Bonchev–Trinajstić information content (AvgIpc) is 3.87. The molecule has 0 amide bonds. The maximum Gasteiger partial charge on any atom is 0.0755 e. The summed E-state index contributed by atoms with van der Waals surface area (Å²) in [5, 5.41) is 2.40. The maximum absolute atomic E-state index is 2.53. The first-order valence-corrected chi connectivity index (χ1v) is 23.7. The van der Waals surface area contributed by atoms with Crippen LogP contribution in [0.5, 0.6) is 0 Å². The van der Waals surface area contributed by atoms with Gasteiger partial charge < -0.3 is 9.80 Å². The highest BCUT2D eigenvalue weighted by Crippen LogP contribution is 2.64. The van der Waals surface area contributed by atoms with Gasteiger partial charge in [-0.15, -0.1) is 0 Å². The molecular weight excluding hydrogens is 821 g/mol. The van der Waals surface area contributed by atoms with Crippen LogP contribution in [0.1, 0.15) is 44.5 Å². The first-order chi connectivity index (χ1) is 33.8. The Labute approximate surface area is 397 Å². The van der Waals surface area contributed by atoms with Gasteiger partial charge in [-0.3, -0.25) is 0 Å². The highest BCUT2D eigenvalue weighted by Gasteiger charge is 2.52. The molecule has 1 heterocycles. The molecule has 0 saturated carbocycles. The zero-order valence-electron chi connectivity index (χ0n) is 37.3. The minimum Gasteiger partial charge on any atom is -0.310 e. The number of para-hydroxylation sites is 3. The monoisotopic (exact) mass is 864 g/mol. The minimum atomic E-state index is -0.597. The molecule has 0 bridgehead atoms. The lowest BCUT2D eigenvalue weighted by molar-refractivity contribution is 0.752. The molecule has 2 nitrogen and oxygen atoms in total. The van der Waals surface area contributed by atoms with Crippen molar-refractivity contribution in [2.75, 3.05) is 9.80 Å². The lowest BCUT2D eigenvalue weighted by atomic mass is 9.64. The van der Waals surface area contributed by atoms with Crippen LogP contribution in [0.15, 0.2) is 267 Å².